The first-order valence-electron chi connectivity index (χ1n) is 8.37. The van der Waals surface area contributed by atoms with Crippen LogP contribution in [0.1, 0.15) is 5.56 Å². The lowest BCUT2D eigenvalue weighted by molar-refractivity contribution is -0.137. The third-order valence-electron chi connectivity index (χ3n) is 4.16. The Kier molecular flexibility index (Phi) is 4.65. The standard InChI is InChI=1S/C21H13ClF3N3/c22-15-10-8-13(9-11-15)19-27-18-7-2-1-6-17(18)20(28-19)26-16-5-3-4-14(12-16)21(23,24)25/h1-12H,(H,26,27,28). The first-order valence-corrected chi connectivity index (χ1v) is 8.75. The van der Waals surface area contributed by atoms with Crippen molar-refractivity contribution in [1.82, 2.24) is 9.97 Å². The molecule has 1 heterocycles. The van der Waals surface area contributed by atoms with Crippen LogP contribution < -0.4 is 5.32 Å². The number of aromatic nitrogens is 2. The molecule has 0 fully saturated rings. The molecule has 0 atom stereocenters. The highest BCUT2D eigenvalue weighted by Crippen LogP contribution is 2.32. The first kappa shape index (κ1) is 18.3. The van der Waals surface area contributed by atoms with Gasteiger partial charge in [-0.1, -0.05) is 29.8 Å². The first-order chi connectivity index (χ1) is 13.4. The fraction of sp³-hybridized carbons (Fsp3) is 0.0476. The van der Waals surface area contributed by atoms with Gasteiger partial charge >= 0.3 is 6.18 Å². The fourth-order valence-electron chi connectivity index (χ4n) is 2.81. The summed E-state index contributed by atoms with van der Waals surface area (Å²) < 4.78 is 39.0. The zero-order valence-corrected chi connectivity index (χ0v) is 15.1. The lowest BCUT2D eigenvalue weighted by atomic mass is 10.1. The molecular formula is C21H13ClF3N3. The molecule has 0 aliphatic rings. The van der Waals surface area contributed by atoms with Crippen molar-refractivity contribution in [2.24, 2.45) is 0 Å². The molecule has 0 spiro atoms. The van der Waals surface area contributed by atoms with E-state index in [1.807, 2.05) is 24.3 Å². The molecule has 3 nitrogen and oxygen atoms in total. The summed E-state index contributed by atoms with van der Waals surface area (Å²) in [6.07, 6.45) is -4.42. The number of benzene rings is 3. The summed E-state index contributed by atoms with van der Waals surface area (Å²) >= 11 is 5.94. The van der Waals surface area contributed by atoms with Gasteiger partial charge in [0.15, 0.2) is 5.82 Å². The molecule has 1 aromatic heterocycles. The third kappa shape index (κ3) is 3.77. The summed E-state index contributed by atoms with van der Waals surface area (Å²) in [5, 5.41) is 4.30. The Bertz CT molecular complexity index is 1140. The van der Waals surface area contributed by atoms with Crippen molar-refractivity contribution in [2.45, 2.75) is 6.18 Å². The number of anilines is 2. The minimum absolute atomic E-state index is 0.292. The van der Waals surface area contributed by atoms with Gasteiger partial charge in [0.05, 0.1) is 11.1 Å². The fourth-order valence-corrected chi connectivity index (χ4v) is 2.94. The Hall–Kier alpha value is -3.12. The zero-order chi connectivity index (χ0) is 19.7. The zero-order valence-electron chi connectivity index (χ0n) is 14.3. The van der Waals surface area contributed by atoms with Crippen molar-refractivity contribution in [1.29, 1.82) is 0 Å². The largest absolute Gasteiger partial charge is 0.416 e. The van der Waals surface area contributed by atoms with E-state index in [4.69, 9.17) is 11.6 Å². The van der Waals surface area contributed by atoms with Crippen LogP contribution in [0, 0.1) is 0 Å². The van der Waals surface area contributed by atoms with Crippen LogP contribution in [-0.2, 0) is 6.18 Å². The molecule has 0 unspecified atom stereocenters. The van der Waals surface area contributed by atoms with E-state index in [0.717, 1.165) is 17.7 Å². The average molecular weight is 400 g/mol. The van der Waals surface area contributed by atoms with Gasteiger partial charge in [0.2, 0.25) is 0 Å². The van der Waals surface area contributed by atoms with E-state index in [0.29, 0.717) is 33.3 Å². The number of alkyl halides is 3. The second-order valence-corrected chi connectivity index (χ2v) is 6.56. The van der Waals surface area contributed by atoms with Crippen LogP contribution in [0.5, 0.6) is 0 Å². The summed E-state index contributed by atoms with van der Waals surface area (Å²) in [4.78, 5) is 9.10. The molecule has 0 saturated carbocycles. The highest BCUT2D eigenvalue weighted by molar-refractivity contribution is 6.30. The van der Waals surface area contributed by atoms with Crippen molar-refractivity contribution >= 4 is 34.0 Å². The maximum Gasteiger partial charge on any atom is 0.416 e. The molecule has 0 amide bonds. The molecule has 3 aromatic carbocycles. The van der Waals surface area contributed by atoms with Crippen LogP contribution in [0.2, 0.25) is 5.02 Å². The number of para-hydroxylation sites is 1. The quantitative estimate of drug-likeness (QED) is 0.416. The molecule has 0 saturated heterocycles. The van der Waals surface area contributed by atoms with Gasteiger partial charge in [-0.3, -0.25) is 0 Å². The summed E-state index contributed by atoms with van der Waals surface area (Å²) in [5.74, 6) is 0.875. The number of hydrogen-bond acceptors (Lipinski definition) is 3. The summed E-state index contributed by atoms with van der Waals surface area (Å²) in [6, 6.07) is 19.4. The van der Waals surface area contributed by atoms with E-state index in [2.05, 4.69) is 15.3 Å². The molecule has 4 rings (SSSR count). The van der Waals surface area contributed by atoms with Crippen LogP contribution >= 0.6 is 11.6 Å². The highest BCUT2D eigenvalue weighted by Gasteiger charge is 2.30. The second-order valence-electron chi connectivity index (χ2n) is 6.12. The monoisotopic (exact) mass is 399 g/mol. The predicted octanol–water partition coefficient (Wildman–Crippen LogP) is 6.71. The van der Waals surface area contributed by atoms with E-state index in [1.54, 1.807) is 30.3 Å². The molecule has 140 valence electrons. The molecule has 0 aliphatic heterocycles. The number of nitrogens with one attached hydrogen (secondary N) is 1. The summed E-state index contributed by atoms with van der Waals surface area (Å²) in [6.45, 7) is 0. The van der Waals surface area contributed by atoms with E-state index < -0.39 is 11.7 Å². The maximum absolute atomic E-state index is 13.0. The van der Waals surface area contributed by atoms with Crippen LogP contribution in [0.3, 0.4) is 0 Å². The van der Waals surface area contributed by atoms with E-state index >= 15 is 0 Å². The Morgan fingerprint density at radius 1 is 0.821 bits per heavy atom. The van der Waals surface area contributed by atoms with Gasteiger partial charge in [0.1, 0.15) is 5.82 Å². The second kappa shape index (κ2) is 7.13. The van der Waals surface area contributed by atoms with Crippen molar-refractivity contribution < 1.29 is 13.2 Å². The van der Waals surface area contributed by atoms with Gasteiger partial charge in [-0.15, -0.1) is 0 Å². The van der Waals surface area contributed by atoms with Gasteiger partial charge in [-0.2, -0.15) is 13.2 Å². The molecular weight excluding hydrogens is 387 g/mol. The molecule has 1 N–H and O–H groups in total. The number of halogens is 4. The number of fused-ring (bicyclic) bond motifs is 1. The molecule has 28 heavy (non-hydrogen) atoms. The molecule has 7 heteroatoms. The normalized spacial score (nSPS) is 11.6. The highest BCUT2D eigenvalue weighted by atomic mass is 35.5. The van der Waals surface area contributed by atoms with Gasteiger partial charge in [0, 0.05) is 21.7 Å². The van der Waals surface area contributed by atoms with Crippen molar-refractivity contribution in [3.63, 3.8) is 0 Å². The summed E-state index contributed by atoms with van der Waals surface area (Å²) in [5.41, 5.74) is 0.994. The average Bonchev–Trinajstić information content (AvgIpc) is 2.68. The SMILES string of the molecule is FC(F)(F)c1cccc(Nc2nc(-c3ccc(Cl)cc3)nc3ccccc23)c1. The number of nitrogens with zero attached hydrogens (tertiary/aromatic N) is 2. The molecule has 0 radical (unpaired) electrons. The Morgan fingerprint density at radius 3 is 2.32 bits per heavy atom. The smallest absolute Gasteiger partial charge is 0.340 e. The summed E-state index contributed by atoms with van der Waals surface area (Å²) in [7, 11) is 0. The van der Waals surface area contributed by atoms with E-state index in [1.165, 1.54) is 6.07 Å². The van der Waals surface area contributed by atoms with Crippen LogP contribution in [-0.4, -0.2) is 9.97 Å². The number of hydrogen-bond donors (Lipinski definition) is 1. The van der Waals surface area contributed by atoms with Crippen molar-refractivity contribution in [3.8, 4) is 11.4 Å². The van der Waals surface area contributed by atoms with Crippen LogP contribution in [0.15, 0.2) is 72.8 Å². The molecule has 0 bridgehead atoms. The minimum Gasteiger partial charge on any atom is -0.340 e. The maximum atomic E-state index is 13.0. The topological polar surface area (TPSA) is 37.8 Å². The third-order valence-corrected chi connectivity index (χ3v) is 4.41. The Morgan fingerprint density at radius 2 is 1.57 bits per heavy atom. The number of rotatable bonds is 3. The van der Waals surface area contributed by atoms with E-state index in [9.17, 15) is 13.2 Å². The molecule has 0 aliphatic carbocycles. The predicted molar refractivity (Wildman–Crippen MR) is 105 cm³/mol. The molecule has 4 aromatic rings. The van der Waals surface area contributed by atoms with Crippen LogP contribution in [0.25, 0.3) is 22.3 Å². The van der Waals surface area contributed by atoms with Gasteiger partial charge in [-0.25, -0.2) is 9.97 Å². The van der Waals surface area contributed by atoms with Gasteiger partial charge in [0.25, 0.3) is 0 Å². The van der Waals surface area contributed by atoms with Crippen molar-refractivity contribution in [2.75, 3.05) is 5.32 Å². The minimum atomic E-state index is -4.42. The van der Waals surface area contributed by atoms with Gasteiger partial charge < -0.3 is 5.32 Å². The lowest BCUT2D eigenvalue weighted by Crippen LogP contribution is -2.05. The van der Waals surface area contributed by atoms with Gasteiger partial charge in [-0.05, 0) is 54.6 Å². The van der Waals surface area contributed by atoms with E-state index in [-0.39, 0.29) is 0 Å². The lowest BCUT2D eigenvalue weighted by Gasteiger charge is -2.13. The van der Waals surface area contributed by atoms with Crippen LogP contribution in [0.4, 0.5) is 24.7 Å². The Balaban J connectivity index is 1.81. The van der Waals surface area contributed by atoms with Crippen molar-refractivity contribution in [3.05, 3.63) is 83.4 Å². The Labute approximate surface area is 163 Å².